The predicted molar refractivity (Wildman–Crippen MR) is 89.6 cm³/mol. The Morgan fingerprint density at radius 2 is 1.83 bits per heavy atom. The Labute approximate surface area is 135 Å². The molecule has 2 aromatic carbocycles. The van der Waals surface area contributed by atoms with Crippen LogP contribution in [0, 0.1) is 0 Å². The summed E-state index contributed by atoms with van der Waals surface area (Å²) in [4.78, 5) is 14.3. The second-order valence-electron chi connectivity index (χ2n) is 5.30. The zero-order valence-corrected chi connectivity index (χ0v) is 13.0. The highest BCUT2D eigenvalue weighted by atomic mass is 16.5. The number of β-lactam (4-membered cyclic amide) rings is 1. The van der Waals surface area contributed by atoms with Crippen molar-refractivity contribution in [1.82, 2.24) is 0 Å². The van der Waals surface area contributed by atoms with Gasteiger partial charge in [0.25, 0.3) is 5.91 Å². The molecule has 3 rings (SSSR count). The van der Waals surface area contributed by atoms with Gasteiger partial charge in [0, 0.05) is 5.69 Å². The highest BCUT2D eigenvalue weighted by molar-refractivity contribution is 6.05. The van der Waals surface area contributed by atoms with E-state index in [1.165, 1.54) is 0 Å². The molecule has 0 radical (unpaired) electrons. The van der Waals surface area contributed by atoms with Crippen molar-refractivity contribution in [3.63, 3.8) is 0 Å². The first kappa shape index (κ1) is 15.3. The summed E-state index contributed by atoms with van der Waals surface area (Å²) in [6.07, 6.45) is 1.18. The SMILES string of the molecule is C=CCO[C@H]1C(=O)N(c2ccc(OC)cc2)[C@@H]1c1ccccc1. The topological polar surface area (TPSA) is 38.8 Å². The summed E-state index contributed by atoms with van der Waals surface area (Å²) in [5.74, 6) is 0.725. The lowest BCUT2D eigenvalue weighted by atomic mass is 9.89. The average molecular weight is 309 g/mol. The normalized spacial score (nSPS) is 20.0. The van der Waals surface area contributed by atoms with Gasteiger partial charge in [0.1, 0.15) is 5.75 Å². The summed E-state index contributed by atoms with van der Waals surface area (Å²) in [6.45, 7) is 4.00. The van der Waals surface area contributed by atoms with Gasteiger partial charge in [-0.1, -0.05) is 36.4 Å². The molecule has 2 aromatic rings. The molecule has 0 unspecified atom stereocenters. The van der Waals surface area contributed by atoms with Crippen molar-refractivity contribution in [3.8, 4) is 5.75 Å². The lowest BCUT2D eigenvalue weighted by molar-refractivity contribution is -0.141. The molecule has 1 amide bonds. The quantitative estimate of drug-likeness (QED) is 0.607. The maximum Gasteiger partial charge on any atom is 0.259 e. The van der Waals surface area contributed by atoms with E-state index < -0.39 is 6.10 Å². The molecule has 1 heterocycles. The number of hydrogen-bond acceptors (Lipinski definition) is 3. The van der Waals surface area contributed by atoms with Crippen molar-refractivity contribution in [1.29, 1.82) is 0 Å². The van der Waals surface area contributed by atoms with Gasteiger partial charge in [0.2, 0.25) is 0 Å². The summed E-state index contributed by atoms with van der Waals surface area (Å²) in [7, 11) is 1.62. The maximum atomic E-state index is 12.5. The fourth-order valence-corrected chi connectivity index (χ4v) is 2.80. The molecule has 4 nitrogen and oxygen atoms in total. The summed E-state index contributed by atoms with van der Waals surface area (Å²) in [5, 5.41) is 0. The van der Waals surface area contributed by atoms with Crippen molar-refractivity contribution in [2.45, 2.75) is 12.1 Å². The number of hydrogen-bond donors (Lipinski definition) is 0. The minimum atomic E-state index is -0.475. The fourth-order valence-electron chi connectivity index (χ4n) is 2.80. The molecule has 1 saturated heterocycles. The molecule has 1 fully saturated rings. The van der Waals surface area contributed by atoms with Gasteiger partial charge in [0.15, 0.2) is 6.10 Å². The van der Waals surface area contributed by atoms with E-state index in [1.807, 2.05) is 54.6 Å². The van der Waals surface area contributed by atoms with E-state index in [4.69, 9.17) is 9.47 Å². The van der Waals surface area contributed by atoms with Crippen LogP contribution >= 0.6 is 0 Å². The van der Waals surface area contributed by atoms with Crippen LogP contribution in [0.15, 0.2) is 67.3 Å². The van der Waals surface area contributed by atoms with Crippen molar-refractivity contribution < 1.29 is 14.3 Å². The van der Waals surface area contributed by atoms with Crippen LogP contribution in [0.2, 0.25) is 0 Å². The molecule has 0 aliphatic carbocycles. The number of ether oxygens (including phenoxy) is 2. The third-order valence-corrected chi connectivity index (χ3v) is 3.93. The average Bonchev–Trinajstić information content (AvgIpc) is 2.61. The van der Waals surface area contributed by atoms with E-state index >= 15 is 0 Å². The number of amides is 1. The number of methoxy groups -OCH3 is 1. The van der Waals surface area contributed by atoms with Crippen LogP contribution in [0.1, 0.15) is 11.6 Å². The highest BCUT2D eigenvalue weighted by Gasteiger charge is 2.49. The Hall–Kier alpha value is -2.59. The van der Waals surface area contributed by atoms with Crippen molar-refractivity contribution in [2.75, 3.05) is 18.6 Å². The zero-order valence-electron chi connectivity index (χ0n) is 13.0. The van der Waals surface area contributed by atoms with Crippen LogP contribution in [0.5, 0.6) is 5.75 Å². The number of carbonyl (C=O) groups excluding carboxylic acids is 1. The molecule has 0 N–H and O–H groups in total. The minimum absolute atomic E-state index is 0.0362. The van der Waals surface area contributed by atoms with Crippen LogP contribution in [0.3, 0.4) is 0 Å². The highest BCUT2D eigenvalue weighted by Crippen LogP contribution is 2.41. The van der Waals surface area contributed by atoms with E-state index in [0.29, 0.717) is 6.61 Å². The smallest absolute Gasteiger partial charge is 0.259 e. The van der Waals surface area contributed by atoms with Crippen molar-refractivity contribution >= 4 is 11.6 Å². The monoisotopic (exact) mass is 309 g/mol. The largest absolute Gasteiger partial charge is 0.497 e. The van der Waals surface area contributed by atoms with Gasteiger partial charge in [-0.3, -0.25) is 9.69 Å². The Bertz CT molecular complexity index is 682. The number of anilines is 1. The van der Waals surface area contributed by atoms with Crippen LogP contribution in [0.25, 0.3) is 0 Å². The third-order valence-electron chi connectivity index (χ3n) is 3.93. The first-order chi connectivity index (χ1) is 11.3. The summed E-state index contributed by atoms with van der Waals surface area (Å²) < 4.78 is 10.8. The molecule has 0 aromatic heterocycles. The number of nitrogens with zero attached hydrogens (tertiary/aromatic N) is 1. The van der Waals surface area contributed by atoms with Crippen LogP contribution in [-0.4, -0.2) is 25.7 Å². The molecular weight excluding hydrogens is 290 g/mol. The van der Waals surface area contributed by atoms with Gasteiger partial charge in [0.05, 0.1) is 19.8 Å². The number of carbonyl (C=O) groups is 1. The van der Waals surface area contributed by atoms with E-state index in [9.17, 15) is 4.79 Å². The van der Waals surface area contributed by atoms with E-state index in [2.05, 4.69) is 6.58 Å². The lowest BCUT2D eigenvalue weighted by Gasteiger charge is -2.46. The Balaban J connectivity index is 1.90. The van der Waals surface area contributed by atoms with Crippen LogP contribution < -0.4 is 9.64 Å². The molecule has 23 heavy (non-hydrogen) atoms. The molecule has 0 bridgehead atoms. The van der Waals surface area contributed by atoms with Gasteiger partial charge in [-0.25, -0.2) is 0 Å². The van der Waals surface area contributed by atoms with Crippen molar-refractivity contribution in [2.24, 2.45) is 0 Å². The molecule has 1 aliphatic heterocycles. The molecular formula is C19H19NO3. The number of benzene rings is 2. The standard InChI is InChI=1S/C19H19NO3/c1-3-13-23-18-17(14-7-5-4-6-8-14)20(19(18)21)15-9-11-16(22-2)12-10-15/h3-12,17-18H,1,13H2,2H3/t17-,18-/m1/s1. The third kappa shape index (κ3) is 2.85. The maximum absolute atomic E-state index is 12.5. The van der Waals surface area contributed by atoms with Gasteiger partial charge >= 0.3 is 0 Å². The van der Waals surface area contributed by atoms with E-state index in [0.717, 1.165) is 17.0 Å². The van der Waals surface area contributed by atoms with Gasteiger partial charge in [-0.15, -0.1) is 6.58 Å². The minimum Gasteiger partial charge on any atom is -0.497 e. The van der Waals surface area contributed by atoms with Gasteiger partial charge < -0.3 is 9.47 Å². The van der Waals surface area contributed by atoms with Crippen LogP contribution in [0.4, 0.5) is 5.69 Å². The molecule has 0 spiro atoms. The van der Waals surface area contributed by atoms with Crippen LogP contribution in [-0.2, 0) is 9.53 Å². The van der Waals surface area contributed by atoms with Gasteiger partial charge in [-0.2, -0.15) is 0 Å². The van der Waals surface area contributed by atoms with E-state index in [1.54, 1.807) is 18.1 Å². The van der Waals surface area contributed by atoms with Crippen molar-refractivity contribution in [3.05, 3.63) is 72.8 Å². The molecule has 4 heteroatoms. The predicted octanol–water partition coefficient (Wildman–Crippen LogP) is 3.35. The summed E-state index contributed by atoms with van der Waals surface area (Å²) in [6, 6.07) is 17.3. The Morgan fingerprint density at radius 1 is 1.13 bits per heavy atom. The Kier molecular flexibility index (Phi) is 4.44. The second kappa shape index (κ2) is 6.67. The van der Waals surface area contributed by atoms with Gasteiger partial charge in [-0.05, 0) is 29.8 Å². The second-order valence-corrected chi connectivity index (χ2v) is 5.30. The lowest BCUT2D eigenvalue weighted by Crippen LogP contribution is -2.60. The summed E-state index contributed by atoms with van der Waals surface area (Å²) >= 11 is 0. The Morgan fingerprint density at radius 3 is 2.43 bits per heavy atom. The first-order valence-electron chi connectivity index (χ1n) is 7.51. The van der Waals surface area contributed by atoms with E-state index in [-0.39, 0.29) is 11.9 Å². The molecule has 118 valence electrons. The molecule has 1 aliphatic rings. The molecule has 0 saturated carbocycles. The molecule has 2 atom stereocenters. The first-order valence-corrected chi connectivity index (χ1v) is 7.51. The summed E-state index contributed by atoms with van der Waals surface area (Å²) in [5.41, 5.74) is 1.89. The number of rotatable bonds is 6. The fraction of sp³-hybridized carbons (Fsp3) is 0.211. The zero-order chi connectivity index (χ0) is 16.2.